The lowest BCUT2D eigenvalue weighted by Crippen LogP contribution is -2.71. The van der Waals surface area contributed by atoms with Gasteiger partial charge in [0.2, 0.25) is 17.0 Å². The fraction of sp³-hybridized carbons (Fsp3) is 0.244. The summed E-state index contributed by atoms with van der Waals surface area (Å²) in [7, 11) is 0. The standard InChI is InChI=1S/C45H41N5O/c1-5-44(4)45(6-2,48-25-15-14-21-38(48)43-46-42(47-50(43)44)30-16-8-7-9-17-30)24-23-37-33-27-35-32-19-11-13-22-40(32)51-41(35)28-34(33)39-26-29(3)31-18-10-12-20-36(31)49(37)39/h7-22,25-28,37H,5-6,23-24H2,1-4H3/q+2. The zero-order valence-electron chi connectivity index (χ0n) is 29.6. The second-order valence-electron chi connectivity index (χ2n) is 14.7. The summed E-state index contributed by atoms with van der Waals surface area (Å²) >= 11 is 0. The highest BCUT2D eigenvalue weighted by Crippen LogP contribution is 2.50. The van der Waals surface area contributed by atoms with Gasteiger partial charge in [0.1, 0.15) is 16.7 Å². The number of rotatable bonds is 6. The predicted octanol–water partition coefficient (Wildman–Crippen LogP) is 9.84. The van der Waals surface area contributed by atoms with Crippen LogP contribution in [-0.2, 0) is 11.1 Å². The van der Waals surface area contributed by atoms with E-state index in [9.17, 15) is 0 Å². The van der Waals surface area contributed by atoms with Crippen LogP contribution >= 0.6 is 0 Å². The molecule has 0 saturated carbocycles. The lowest BCUT2D eigenvalue weighted by Gasteiger charge is -2.46. The molecule has 3 atom stereocenters. The normalized spacial score (nSPS) is 20.4. The molecule has 0 radical (unpaired) electrons. The van der Waals surface area contributed by atoms with E-state index in [2.05, 4.69) is 157 Å². The smallest absolute Gasteiger partial charge is 0.250 e. The molecule has 0 saturated heterocycles. The van der Waals surface area contributed by atoms with Crippen molar-refractivity contribution >= 4 is 32.8 Å². The molecule has 0 N–H and O–H groups in total. The van der Waals surface area contributed by atoms with Gasteiger partial charge in [-0.15, -0.1) is 5.10 Å². The van der Waals surface area contributed by atoms with E-state index in [0.29, 0.717) is 0 Å². The minimum absolute atomic E-state index is 0.146. The summed E-state index contributed by atoms with van der Waals surface area (Å²) in [6, 6.07) is 41.5. The largest absolute Gasteiger partial charge is 0.456 e. The summed E-state index contributed by atoms with van der Waals surface area (Å²) in [5, 5.41) is 8.98. The van der Waals surface area contributed by atoms with Crippen molar-refractivity contribution in [2.24, 2.45) is 0 Å². The highest BCUT2D eigenvalue weighted by atomic mass is 16.3. The van der Waals surface area contributed by atoms with Gasteiger partial charge in [-0.05, 0) is 56.2 Å². The number of benzene rings is 4. The molecule has 10 rings (SSSR count). The molecule has 4 aromatic heterocycles. The summed E-state index contributed by atoms with van der Waals surface area (Å²) in [6.07, 6.45) is 6.08. The van der Waals surface area contributed by atoms with Gasteiger partial charge in [-0.2, -0.15) is 9.13 Å². The molecule has 51 heavy (non-hydrogen) atoms. The number of hydrogen-bond donors (Lipinski definition) is 0. The molecule has 4 aromatic carbocycles. The maximum atomic E-state index is 6.45. The molecule has 0 aliphatic carbocycles. The third kappa shape index (κ3) is 4.04. The quantitative estimate of drug-likeness (QED) is 0.166. The summed E-state index contributed by atoms with van der Waals surface area (Å²) < 4.78 is 13.9. The maximum Gasteiger partial charge on any atom is 0.250 e. The van der Waals surface area contributed by atoms with E-state index < -0.39 is 0 Å². The van der Waals surface area contributed by atoms with Crippen molar-refractivity contribution in [2.45, 2.75) is 70.5 Å². The molecule has 6 heteroatoms. The molecule has 0 spiro atoms. The van der Waals surface area contributed by atoms with Crippen molar-refractivity contribution < 1.29 is 13.6 Å². The van der Waals surface area contributed by atoms with Gasteiger partial charge in [-0.25, -0.2) is 9.67 Å². The van der Waals surface area contributed by atoms with Crippen molar-refractivity contribution in [3.05, 3.63) is 133 Å². The zero-order chi connectivity index (χ0) is 34.5. The van der Waals surface area contributed by atoms with Gasteiger partial charge in [0, 0.05) is 70.8 Å². The summed E-state index contributed by atoms with van der Waals surface area (Å²) in [6.45, 7) is 9.33. The van der Waals surface area contributed by atoms with E-state index in [1.54, 1.807) is 0 Å². The number of fused-ring (bicyclic) bond motifs is 11. The molecule has 0 amide bonds. The van der Waals surface area contributed by atoms with Crippen LogP contribution in [0.15, 0.2) is 126 Å². The van der Waals surface area contributed by atoms with Crippen molar-refractivity contribution in [1.29, 1.82) is 0 Å². The molecular weight excluding hydrogens is 627 g/mol. The van der Waals surface area contributed by atoms with Crippen LogP contribution in [0.2, 0.25) is 0 Å². The Bertz CT molecular complexity index is 2670. The lowest BCUT2D eigenvalue weighted by molar-refractivity contribution is -0.776. The highest BCUT2D eigenvalue weighted by molar-refractivity contribution is 6.06. The van der Waals surface area contributed by atoms with Crippen LogP contribution < -0.4 is 9.13 Å². The van der Waals surface area contributed by atoms with Crippen molar-refractivity contribution in [3.63, 3.8) is 0 Å². The fourth-order valence-electron chi connectivity index (χ4n) is 9.71. The van der Waals surface area contributed by atoms with Crippen LogP contribution in [0.4, 0.5) is 0 Å². The van der Waals surface area contributed by atoms with Crippen LogP contribution in [-0.4, -0.2) is 14.8 Å². The molecule has 2 aliphatic heterocycles. The molecule has 3 unspecified atom stereocenters. The number of para-hydroxylation sites is 2. The zero-order valence-corrected chi connectivity index (χ0v) is 29.6. The van der Waals surface area contributed by atoms with Gasteiger partial charge < -0.3 is 4.42 Å². The van der Waals surface area contributed by atoms with Gasteiger partial charge in [0.15, 0.2) is 23.6 Å². The fourth-order valence-corrected chi connectivity index (χ4v) is 9.71. The van der Waals surface area contributed by atoms with Crippen LogP contribution in [0.25, 0.3) is 67.0 Å². The van der Waals surface area contributed by atoms with Gasteiger partial charge in [0.25, 0.3) is 5.69 Å². The van der Waals surface area contributed by atoms with E-state index in [1.165, 1.54) is 44.1 Å². The molecule has 0 bridgehead atoms. The maximum absolute atomic E-state index is 6.45. The second kappa shape index (κ2) is 10.9. The Morgan fingerprint density at radius 2 is 1.53 bits per heavy atom. The van der Waals surface area contributed by atoms with E-state index in [0.717, 1.165) is 59.8 Å². The van der Waals surface area contributed by atoms with Gasteiger partial charge in [-0.3, -0.25) is 0 Å². The third-order valence-corrected chi connectivity index (χ3v) is 12.5. The van der Waals surface area contributed by atoms with Crippen LogP contribution in [0.5, 0.6) is 0 Å². The Hall–Kier alpha value is -5.62. The number of furan rings is 1. The van der Waals surface area contributed by atoms with E-state index in [4.69, 9.17) is 14.5 Å². The Morgan fingerprint density at radius 3 is 2.35 bits per heavy atom. The summed E-state index contributed by atoms with van der Waals surface area (Å²) in [5.74, 6) is 1.71. The lowest BCUT2D eigenvalue weighted by atomic mass is 9.69. The van der Waals surface area contributed by atoms with E-state index >= 15 is 0 Å². The van der Waals surface area contributed by atoms with Crippen LogP contribution in [0, 0.1) is 6.92 Å². The molecule has 250 valence electrons. The number of aromatic nitrogens is 5. The first-order chi connectivity index (χ1) is 25.0. The first kappa shape index (κ1) is 30.2. The monoisotopic (exact) mass is 667 g/mol. The second-order valence-corrected chi connectivity index (χ2v) is 14.7. The molecular formula is C45H41N5O+2. The van der Waals surface area contributed by atoms with E-state index in [-0.39, 0.29) is 17.1 Å². The van der Waals surface area contributed by atoms with Gasteiger partial charge in [-0.1, -0.05) is 74.5 Å². The Kier molecular flexibility index (Phi) is 6.48. The topological polar surface area (TPSA) is 51.6 Å². The highest BCUT2D eigenvalue weighted by Gasteiger charge is 2.61. The minimum atomic E-state index is -0.328. The first-order valence-corrected chi connectivity index (χ1v) is 18.4. The number of pyridine rings is 2. The van der Waals surface area contributed by atoms with Crippen LogP contribution in [0.3, 0.4) is 0 Å². The Morgan fingerprint density at radius 1 is 0.765 bits per heavy atom. The number of hydrogen-bond acceptors (Lipinski definition) is 3. The summed E-state index contributed by atoms with van der Waals surface area (Å²) in [5.41, 5.74) is 9.93. The molecule has 2 aliphatic rings. The predicted molar refractivity (Wildman–Crippen MR) is 202 cm³/mol. The van der Waals surface area contributed by atoms with Crippen molar-refractivity contribution in [3.8, 4) is 34.2 Å². The third-order valence-electron chi connectivity index (χ3n) is 12.5. The number of aryl methyl sites for hydroxylation is 1. The number of nitrogens with zero attached hydrogens (tertiary/aromatic N) is 5. The first-order valence-electron chi connectivity index (χ1n) is 18.4. The molecule has 6 nitrogen and oxygen atoms in total. The van der Waals surface area contributed by atoms with E-state index in [1.807, 2.05) is 6.07 Å². The average Bonchev–Trinajstić information content (AvgIpc) is 3.87. The molecule has 0 fully saturated rings. The Balaban J connectivity index is 1.17. The molecule has 8 aromatic rings. The van der Waals surface area contributed by atoms with Gasteiger partial charge in [0.05, 0.1) is 5.56 Å². The minimum Gasteiger partial charge on any atom is -0.456 e. The van der Waals surface area contributed by atoms with Crippen LogP contribution in [0.1, 0.15) is 63.6 Å². The molecule has 6 heterocycles. The summed E-state index contributed by atoms with van der Waals surface area (Å²) in [4.78, 5) is 5.21. The van der Waals surface area contributed by atoms with Gasteiger partial charge >= 0.3 is 0 Å². The average molecular weight is 668 g/mol. The Labute approximate surface area is 297 Å². The van der Waals surface area contributed by atoms with Crippen molar-refractivity contribution in [2.75, 3.05) is 0 Å². The van der Waals surface area contributed by atoms with Crippen molar-refractivity contribution in [1.82, 2.24) is 14.8 Å². The SMILES string of the molecule is CCC1(C)n2nc(-c3ccccc3)nc2-c2cccc[n+]2C1(CC)CCC1c2cc3c(cc2-c2cc(C)c4ccccc4[n+]21)oc1ccccc13.